The zero-order chi connectivity index (χ0) is 7.28. The van der Waals surface area contributed by atoms with Crippen LogP contribution in [-0.2, 0) is 0 Å². The van der Waals surface area contributed by atoms with E-state index in [0.717, 1.165) is 13.0 Å². The second-order valence-electron chi connectivity index (χ2n) is 1.90. The second-order valence-corrected chi connectivity index (χ2v) is 3.01. The first-order valence-corrected chi connectivity index (χ1v) is 3.85. The molecule has 0 heterocycles. The van der Waals surface area contributed by atoms with E-state index >= 15 is 0 Å². The van der Waals surface area contributed by atoms with Gasteiger partial charge in [0.2, 0.25) is 0 Å². The molecular weight excluding hydrogens is 150 g/mol. The van der Waals surface area contributed by atoms with Gasteiger partial charge in [-0.25, -0.2) is 0 Å². The van der Waals surface area contributed by atoms with Crippen LogP contribution in [0.3, 0.4) is 0 Å². The van der Waals surface area contributed by atoms with Gasteiger partial charge in [0.15, 0.2) is 0 Å². The smallest absolute Gasteiger partial charge is 0.133 e. The van der Waals surface area contributed by atoms with Gasteiger partial charge in [-0.2, -0.15) is 0 Å². The Morgan fingerprint density at radius 2 is 2.33 bits per heavy atom. The molecular formula is C6H12NS2. The lowest BCUT2D eigenvalue weighted by Crippen LogP contribution is -2.18. The topological polar surface area (TPSA) is 3.24 Å². The molecule has 0 amide bonds. The van der Waals surface area contributed by atoms with Gasteiger partial charge >= 0.3 is 0 Å². The maximum absolute atomic E-state index is 4.76. The molecule has 0 unspecified atom stereocenters. The maximum Gasteiger partial charge on any atom is 0.133 e. The number of rotatable bonds is 3. The number of unbranched alkanes of at least 4 members (excludes halogenated alkanes) is 1. The number of thiocarbonyl (C=S) groups is 1. The Labute approximate surface area is 67.8 Å². The lowest BCUT2D eigenvalue weighted by atomic mass is 10.3. The van der Waals surface area contributed by atoms with Gasteiger partial charge in [0.05, 0.1) is 0 Å². The molecule has 0 rings (SSSR count). The number of nitrogens with zero attached hydrogens (tertiary/aromatic N) is 1. The van der Waals surface area contributed by atoms with Crippen LogP contribution in [0.1, 0.15) is 19.8 Å². The van der Waals surface area contributed by atoms with Gasteiger partial charge in [0, 0.05) is 13.6 Å². The van der Waals surface area contributed by atoms with E-state index in [1.807, 2.05) is 0 Å². The summed E-state index contributed by atoms with van der Waals surface area (Å²) in [5, 5.41) is 0. The van der Waals surface area contributed by atoms with Gasteiger partial charge in [0.25, 0.3) is 0 Å². The maximum atomic E-state index is 4.76. The largest absolute Gasteiger partial charge is 0.356 e. The van der Waals surface area contributed by atoms with E-state index < -0.39 is 0 Å². The predicted molar refractivity (Wildman–Crippen MR) is 48.6 cm³/mol. The van der Waals surface area contributed by atoms with Crippen LogP contribution in [0.15, 0.2) is 0 Å². The molecule has 0 saturated carbocycles. The van der Waals surface area contributed by atoms with Gasteiger partial charge in [-0.3, -0.25) is 0 Å². The minimum absolute atomic E-state index is 0.573. The molecule has 0 bridgehead atoms. The Morgan fingerprint density at radius 1 is 1.78 bits per heavy atom. The van der Waals surface area contributed by atoms with Crippen molar-refractivity contribution >= 4 is 29.2 Å². The highest BCUT2D eigenvalue weighted by atomic mass is 32.1. The molecule has 53 valence electrons. The van der Waals surface area contributed by atoms with Crippen LogP contribution in [-0.4, -0.2) is 15.8 Å². The van der Waals surface area contributed by atoms with Crippen LogP contribution >= 0.6 is 24.8 Å². The van der Waals surface area contributed by atoms with Crippen LogP contribution in [0, 0.1) is 7.05 Å². The Hall–Kier alpha value is 0.240. The van der Waals surface area contributed by atoms with Crippen LogP contribution < -0.4 is 0 Å². The first kappa shape index (κ1) is 9.24. The van der Waals surface area contributed by atoms with Gasteiger partial charge in [-0.15, -0.1) is 12.6 Å². The Morgan fingerprint density at radius 3 is 2.67 bits per heavy atom. The van der Waals surface area contributed by atoms with Crippen LogP contribution in [0.2, 0.25) is 0 Å². The minimum atomic E-state index is 0.573. The molecule has 0 spiro atoms. The molecule has 9 heavy (non-hydrogen) atoms. The SMILES string of the molecule is [CH2]N(CCCC)C(=S)S. The quantitative estimate of drug-likeness (QED) is 0.500. The number of hydrogen-bond acceptors (Lipinski definition) is 1. The fourth-order valence-electron chi connectivity index (χ4n) is 0.445. The second kappa shape index (κ2) is 5.06. The molecule has 3 heteroatoms. The highest BCUT2D eigenvalue weighted by Crippen LogP contribution is 1.97. The van der Waals surface area contributed by atoms with Crippen molar-refractivity contribution in [2.75, 3.05) is 6.54 Å². The van der Waals surface area contributed by atoms with E-state index in [0.29, 0.717) is 4.32 Å². The van der Waals surface area contributed by atoms with Crippen molar-refractivity contribution in [3.63, 3.8) is 0 Å². The Bertz CT molecular complexity index is 93.1. The van der Waals surface area contributed by atoms with Crippen molar-refractivity contribution in [2.45, 2.75) is 19.8 Å². The van der Waals surface area contributed by atoms with E-state index in [1.54, 1.807) is 4.90 Å². The summed E-state index contributed by atoms with van der Waals surface area (Å²) in [6, 6.07) is 0. The highest BCUT2D eigenvalue weighted by Gasteiger charge is 1.95. The molecule has 0 fully saturated rings. The predicted octanol–water partition coefficient (Wildman–Crippen LogP) is 2.09. The van der Waals surface area contributed by atoms with E-state index in [-0.39, 0.29) is 0 Å². The first-order valence-electron chi connectivity index (χ1n) is 2.99. The fraction of sp³-hybridized carbons (Fsp3) is 0.667. The monoisotopic (exact) mass is 162 g/mol. The van der Waals surface area contributed by atoms with E-state index in [9.17, 15) is 0 Å². The van der Waals surface area contributed by atoms with Gasteiger partial charge in [-0.05, 0) is 6.42 Å². The summed E-state index contributed by atoms with van der Waals surface area (Å²) in [5.41, 5.74) is 0. The number of hydrogen-bond donors (Lipinski definition) is 1. The molecule has 0 aromatic heterocycles. The fourth-order valence-corrected chi connectivity index (χ4v) is 0.636. The zero-order valence-electron chi connectivity index (χ0n) is 5.63. The minimum Gasteiger partial charge on any atom is -0.356 e. The molecule has 1 radical (unpaired) electrons. The van der Waals surface area contributed by atoms with Crippen LogP contribution in [0.4, 0.5) is 0 Å². The van der Waals surface area contributed by atoms with Crippen molar-refractivity contribution < 1.29 is 0 Å². The molecule has 0 aliphatic carbocycles. The molecule has 0 N–H and O–H groups in total. The number of thiol groups is 1. The molecule has 0 atom stereocenters. The average molecular weight is 162 g/mol. The van der Waals surface area contributed by atoms with Gasteiger partial charge in [0.1, 0.15) is 4.32 Å². The summed E-state index contributed by atoms with van der Waals surface area (Å²) >= 11 is 8.72. The first-order chi connectivity index (χ1) is 4.18. The summed E-state index contributed by atoms with van der Waals surface area (Å²) in [5.74, 6) is 0. The average Bonchev–Trinajstić information content (AvgIpc) is 1.82. The van der Waals surface area contributed by atoms with Crippen molar-refractivity contribution in [2.24, 2.45) is 0 Å². The van der Waals surface area contributed by atoms with Gasteiger partial charge in [-0.1, -0.05) is 25.6 Å². The Kier molecular flexibility index (Phi) is 5.19. The van der Waals surface area contributed by atoms with Gasteiger partial charge < -0.3 is 4.90 Å². The van der Waals surface area contributed by atoms with E-state index in [1.165, 1.54) is 6.42 Å². The highest BCUT2D eigenvalue weighted by molar-refractivity contribution is 8.10. The molecule has 0 aliphatic rings. The van der Waals surface area contributed by atoms with Crippen LogP contribution in [0.5, 0.6) is 0 Å². The molecule has 1 nitrogen and oxygen atoms in total. The van der Waals surface area contributed by atoms with Crippen molar-refractivity contribution in [1.29, 1.82) is 0 Å². The summed E-state index contributed by atoms with van der Waals surface area (Å²) < 4.78 is 0.573. The summed E-state index contributed by atoms with van der Waals surface area (Å²) in [4.78, 5) is 1.72. The zero-order valence-corrected chi connectivity index (χ0v) is 7.34. The lowest BCUT2D eigenvalue weighted by molar-refractivity contribution is 0.538. The lowest BCUT2D eigenvalue weighted by Gasteiger charge is -2.14. The Balaban J connectivity index is 3.27. The third-order valence-corrected chi connectivity index (χ3v) is 1.59. The summed E-state index contributed by atoms with van der Waals surface area (Å²) in [6.07, 6.45) is 2.30. The van der Waals surface area contributed by atoms with Crippen LogP contribution in [0.25, 0.3) is 0 Å². The molecule has 0 aliphatic heterocycles. The van der Waals surface area contributed by atoms with Crippen molar-refractivity contribution in [3.05, 3.63) is 7.05 Å². The summed E-state index contributed by atoms with van der Waals surface area (Å²) in [7, 11) is 3.69. The van der Waals surface area contributed by atoms with E-state index in [4.69, 9.17) is 12.2 Å². The standard InChI is InChI=1S/C6H12NS2/c1-3-4-5-7(2)6(8)9/h2-5H2,1H3,(H,8,9). The molecule has 0 saturated heterocycles. The normalized spacial score (nSPS) is 9.22. The molecule has 0 aromatic rings. The van der Waals surface area contributed by atoms with Crippen molar-refractivity contribution in [1.82, 2.24) is 4.90 Å². The molecule has 0 aromatic carbocycles. The third-order valence-electron chi connectivity index (χ3n) is 1.05. The van der Waals surface area contributed by atoms with Crippen molar-refractivity contribution in [3.8, 4) is 0 Å². The summed E-state index contributed by atoms with van der Waals surface area (Å²) in [6.45, 7) is 3.05. The van der Waals surface area contributed by atoms with E-state index in [2.05, 4.69) is 26.6 Å². The third kappa shape index (κ3) is 4.73.